The van der Waals surface area contributed by atoms with Crippen molar-refractivity contribution in [2.24, 2.45) is 5.92 Å². The van der Waals surface area contributed by atoms with Crippen molar-refractivity contribution in [2.75, 3.05) is 32.7 Å². The summed E-state index contributed by atoms with van der Waals surface area (Å²) in [6.45, 7) is 10.2. The van der Waals surface area contributed by atoms with E-state index in [1.807, 2.05) is 0 Å². The summed E-state index contributed by atoms with van der Waals surface area (Å²) in [6.07, 6.45) is 7.60. The number of nitrogens with one attached hydrogen (secondary N) is 1. The van der Waals surface area contributed by atoms with Crippen molar-refractivity contribution in [2.45, 2.75) is 58.2 Å². The van der Waals surface area contributed by atoms with E-state index in [1.165, 1.54) is 45.2 Å². The van der Waals surface area contributed by atoms with Gasteiger partial charge >= 0.3 is 0 Å². The first-order valence-electron chi connectivity index (χ1n) is 7.90. The fraction of sp³-hybridized carbons (Fsp3) is 1.00. The third kappa shape index (κ3) is 4.87. The summed E-state index contributed by atoms with van der Waals surface area (Å²) in [6, 6.07) is 0. The van der Waals surface area contributed by atoms with Gasteiger partial charge in [-0.1, -0.05) is 13.8 Å². The van der Waals surface area contributed by atoms with Gasteiger partial charge in [0.05, 0.1) is 12.2 Å². The van der Waals surface area contributed by atoms with Crippen molar-refractivity contribution in [1.82, 2.24) is 10.2 Å². The van der Waals surface area contributed by atoms with Crippen molar-refractivity contribution in [1.29, 1.82) is 0 Å². The van der Waals surface area contributed by atoms with Crippen LogP contribution in [0.25, 0.3) is 0 Å². The average Bonchev–Trinajstić information content (AvgIpc) is 3.05. The second-order valence-corrected chi connectivity index (χ2v) is 5.97. The minimum absolute atomic E-state index is 0.458. The topological polar surface area (TPSA) is 24.5 Å². The van der Waals surface area contributed by atoms with Gasteiger partial charge in [-0.3, -0.25) is 0 Å². The molecule has 0 spiro atoms. The lowest BCUT2D eigenvalue weighted by Gasteiger charge is -2.25. The van der Waals surface area contributed by atoms with Crippen molar-refractivity contribution >= 4 is 0 Å². The molecule has 3 nitrogen and oxygen atoms in total. The summed E-state index contributed by atoms with van der Waals surface area (Å²) in [5.74, 6) is 0.996. The van der Waals surface area contributed by atoms with E-state index in [2.05, 4.69) is 24.1 Å². The second-order valence-electron chi connectivity index (χ2n) is 5.97. The van der Waals surface area contributed by atoms with Crippen molar-refractivity contribution < 1.29 is 4.74 Å². The normalized spacial score (nSPS) is 28.2. The highest BCUT2D eigenvalue weighted by Gasteiger charge is 2.29. The van der Waals surface area contributed by atoms with Crippen LogP contribution in [0.1, 0.15) is 46.0 Å². The van der Waals surface area contributed by atoms with Crippen molar-refractivity contribution in [3.8, 4) is 0 Å². The Hall–Kier alpha value is -0.120. The van der Waals surface area contributed by atoms with Crippen LogP contribution in [0.5, 0.6) is 0 Å². The minimum Gasteiger partial charge on any atom is -0.372 e. The standard InChI is InChI=1S/C15H30N2O/c1-3-9-17(11-13-5-6-13)12-15-8-7-14(18-15)10-16-4-2/h13-16H,3-12H2,1-2H3. The van der Waals surface area contributed by atoms with Gasteiger partial charge in [-0.25, -0.2) is 0 Å². The molecule has 2 aliphatic rings. The van der Waals surface area contributed by atoms with Crippen molar-refractivity contribution in [3.05, 3.63) is 0 Å². The van der Waals surface area contributed by atoms with Gasteiger partial charge in [0.1, 0.15) is 0 Å². The molecule has 1 aliphatic heterocycles. The molecule has 1 heterocycles. The monoisotopic (exact) mass is 254 g/mol. The van der Waals surface area contributed by atoms with E-state index >= 15 is 0 Å². The summed E-state index contributed by atoms with van der Waals surface area (Å²) < 4.78 is 6.14. The molecule has 1 saturated heterocycles. The van der Waals surface area contributed by atoms with Crippen LogP contribution in [0.2, 0.25) is 0 Å². The Morgan fingerprint density at radius 1 is 1.06 bits per heavy atom. The number of likely N-dealkylation sites (N-methyl/N-ethyl adjacent to an activating group) is 1. The van der Waals surface area contributed by atoms with Crippen LogP contribution >= 0.6 is 0 Å². The molecule has 1 saturated carbocycles. The van der Waals surface area contributed by atoms with Gasteiger partial charge in [-0.15, -0.1) is 0 Å². The highest BCUT2D eigenvalue weighted by Crippen LogP contribution is 2.30. The molecule has 0 amide bonds. The molecular weight excluding hydrogens is 224 g/mol. The predicted molar refractivity (Wildman–Crippen MR) is 75.9 cm³/mol. The molecule has 2 atom stereocenters. The van der Waals surface area contributed by atoms with E-state index in [0.717, 1.165) is 25.6 Å². The Kier molecular flexibility index (Phi) is 5.93. The van der Waals surface area contributed by atoms with E-state index < -0.39 is 0 Å². The highest BCUT2D eigenvalue weighted by atomic mass is 16.5. The van der Waals surface area contributed by atoms with Crippen LogP contribution in [0.15, 0.2) is 0 Å². The van der Waals surface area contributed by atoms with Gasteiger partial charge < -0.3 is 15.0 Å². The lowest BCUT2D eigenvalue weighted by atomic mass is 10.2. The number of ether oxygens (including phenoxy) is 1. The smallest absolute Gasteiger partial charge is 0.0707 e. The largest absolute Gasteiger partial charge is 0.372 e. The lowest BCUT2D eigenvalue weighted by Crippen LogP contribution is -2.35. The van der Waals surface area contributed by atoms with Crippen LogP contribution in [0.3, 0.4) is 0 Å². The fourth-order valence-electron chi connectivity index (χ4n) is 2.90. The molecule has 0 aromatic heterocycles. The molecule has 2 rings (SSSR count). The zero-order chi connectivity index (χ0) is 12.8. The molecule has 0 aromatic rings. The number of rotatable bonds is 9. The quantitative estimate of drug-likeness (QED) is 0.683. The van der Waals surface area contributed by atoms with Crippen LogP contribution in [0, 0.1) is 5.92 Å². The molecule has 0 bridgehead atoms. The van der Waals surface area contributed by atoms with Crippen LogP contribution in [-0.2, 0) is 4.74 Å². The van der Waals surface area contributed by atoms with Gasteiger partial charge in [0.15, 0.2) is 0 Å². The van der Waals surface area contributed by atoms with E-state index in [0.29, 0.717) is 12.2 Å². The molecule has 0 aromatic carbocycles. The van der Waals surface area contributed by atoms with E-state index in [1.54, 1.807) is 0 Å². The summed E-state index contributed by atoms with van der Waals surface area (Å²) in [4.78, 5) is 2.64. The molecule has 0 radical (unpaired) electrons. The maximum absolute atomic E-state index is 6.14. The number of hydrogen-bond acceptors (Lipinski definition) is 3. The van der Waals surface area contributed by atoms with Crippen molar-refractivity contribution in [3.63, 3.8) is 0 Å². The predicted octanol–water partition coefficient (Wildman–Crippen LogP) is 2.27. The molecule has 1 aliphatic carbocycles. The molecule has 2 unspecified atom stereocenters. The van der Waals surface area contributed by atoms with Gasteiger partial charge in [-0.2, -0.15) is 0 Å². The summed E-state index contributed by atoms with van der Waals surface area (Å²) >= 11 is 0. The minimum atomic E-state index is 0.458. The molecular formula is C15H30N2O. The fourth-order valence-corrected chi connectivity index (χ4v) is 2.90. The number of hydrogen-bond donors (Lipinski definition) is 1. The zero-order valence-corrected chi connectivity index (χ0v) is 12.2. The Bertz CT molecular complexity index is 231. The van der Waals surface area contributed by atoms with E-state index in [4.69, 9.17) is 4.74 Å². The Morgan fingerprint density at radius 2 is 1.83 bits per heavy atom. The van der Waals surface area contributed by atoms with Gasteiger partial charge in [0.2, 0.25) is 0 Å². The molecule has 18 heavy (non-hydrogen) atoms. The third-order valence-electron chi connectivity index (χ3n) is 4.03. The highest BCUT2D eigenvalue weighted by molar-refractivity contribution is 4.81. The first-order valence-corrected chi connectivity index (χ1v) is 7.90. The van der Waals surface area contributed by atoms with Gasteiger partial charge in [0, 0.05) is 19.6 Å². The SMILES string of the molecule is CCCN(CC1CC1)CC1CCC(CNCC)O1. The Balaban J connectivity index is 1.67. The first kappa shape index (κ1) is 14.3. The number of nitrogens with zero attached hydrogens (tertiary/aromatic N) is 1. The first-order chi connectivity index (χ1) is 8.81. The molecule has 1 N–H and O–H groups in total. The maximum atomic E-state index is 6.14. The summed E-state index contributed by atoms with van der Waals surface area (Å²) in [7, 11) is 0. The van der Waals surface area contributed by atoms with Crippen LogP contribution in [0.4, 0.5) is 0 Å². The van der Waals surface area contributed by atoms with Gasteiger partial charge in [-0.05, 0) is 51.1 Å². The van der Waals surface area contributed by atoms with Crippen LogP contribution < -0.4 is 5.32 Å². The van der Waals surface area contributed by atoms with Gasteiger partial charge in [0.25, 0.3) is 0 Å². The summed E-state index contributed by atoms with van der Waals surface area (Å²) in [5.41, 5.74) is 0. The van der Waals surface area contributed by atoms with Crippen LogP contribution in [-0.4, -0.2) is 49.8 Å². The zero-order valence-electron chi connectivity index (χ0n) is 12.2. The molecule has 2 fully saturated rings. The Labute approximate surface area is 112 Å². The average molecular weight is 254 g/mol. The molecule has 3 heteroatoms. The van der Waals surface area contributed by atoms with E-state index in [9.17, 15) is 0 Å². The second kappa shape index (κ2) is 7.46. The molecule has 106 valence electrons. The maximum Gasteiger partial charge on any atom is 0.0707 e. The third-order valence-corrected chi connectivity index (χ3v) is 4.03. The lowest BCUT2D eigenvalue weighted by molar-refractivity contribution is 0.0227. The summed E-state index contributed by atoms with van der Waals surface area (Å²) in [5, 5.41) is 3.39. The Morgan fingerprint density at radius 3 is 2.50 bits per heavy atom. The van der Waals surface area contributed by atoms with E-state index in [-0.39, 0.29) is 0 Å².